The molecule has 0 aliphatic carbocycles. The Kier molecular flexibility index (Phi) is 3.03. The van der Waals surface area contributed by atoms with E-state index in [1.807, 2.05) is 6.92 Å². The fourth-order valence-electron chi connectivity index (χ4n) is 1.46. The largest absolute Gasteiger partial charge is 0.283 e. The van der Waals surface area contributed by atoms with Crippen molar-refractivity contribution < 1.29 is 0 Å². The van der Waals surface area contributed by atoms with E-state index in [0.717, 1.165) is 5.56 Å². The molecule has 0 radical (unpaired) electrons. The summed E-state index contributed by atoms with van der Waals surface area (Å²) >= 11 is 11.8. The average molecular weight is 254 g/mol. The van der Waals surface area contributed by atoms with Crippen LogP contribution in [0.3, 0.4) is 0 Å². The predicted octanol–water partition coefficient (Wildman–Crippen LogP) is 3.45. The standard InChI is InChI=1S/C12H9Cl2NO/c1-8-2-5-12(16)15(7-8)11-4-3-9(13)6-10(11)14/h2-7H,1H3. The zero-order valence-corrected chi connectivity index (χ0v) is 10.1. The highest BCUT2D eigenvalue weighted by Gasteiger charge is 2.05. The molecule has 0 fully saturated rings. The highest BCUT2D eigenvalue weighted by Crippen LogP contribution is 2.23. The maximum absolute atomic E-state index is 11.7. The Labute approximate surface area is 103 Å². The van der Waals surface area contributed by atoms with Crippen LogP contribution in [0.15, 0.2) is 41.3 Å². The Balaban J connectivity index is 2.67. The first-order chi connectivity index (χ1) is 7.58. The van der Waals surface area contributed by atoms with Gasteiger partial charge in [-0.1, -0.05) is 29.3 Å². The van der Waals surface area contributed by atoms with E-state index >= 15 is 0 Å². The lowest BCUT2D eigenvalue weighted by Crippen LogP contribution is -2.16. The average Bonchev–Trinajstić information content (AvgIpc) is 2.22. The second-order valence-corrected chi connectivity index (χ2v) is 4.35. The van der Waals surface area contributed by atoms with Crippen LogP contribution in [0.1, 0.15) is 5.56 Å². The summed E-state index contributed by atoms with van der Waals surface area (Å²) in [4.78, 5) is 11.7. The van der Waals surface area contributed by atoms with Crippen molar-refractivity contribution in [3.05, 3.63) is 62.5 Å². The van der Waals surface area contributed by atoms with Gasteiger partial charge < -0.3 is 0 Å². The SMILES string of the molecule is Cc1ccc(=O)n(-c2ccc(Cl)cc2Cl)c1. The summed E-state index contributed by atoms with van der Waals surface area (Å²) in [7, 11) is 0. The molecule has 0 atom stereocenters. The molecule has 0 aliphatic heterocycles. The van der Waals surface area contributed by atoms with Crippen LogP contribution in [0.4, 0.5) is 0 Å². The number of hydrogen-bond acceptors (Lipinski definition) is 1. The molecular formula is C12H9Cl2NO. The highest BCUT2D eigenvalue weighted by atomic mass is 35.5. The first-order valence-electron chi connectivity index (χ1n) is 4.72. The van der Waals surface area contributed by atoms with Crippen molar-refractivity contribution in [1.82, 2.24) is 4.57 Å². The van der Waals surface area contributed by atoms with Gasteiger partial charge in [0.05, 0.1) is 10.7 Å². The van der Waals surface area contributed by atoms with E-state index in [9.17, 15) is 4.79 Å². The molecule has 0 saturated carbocycles. The van der Waals surface area contributed by atoms with Crippen LogP contribution in [-0.2, 0) is 0 Å². The van der Waals surface area contributed by atoms with Gasteiger partial charge in [0.1, 0.15) is 0 Å². The number of hydrogen-bond donors (Lipinski definition) is 0. The molecule has 0 spiro atoms. The van der Waals surface area contributed by atoms with Gasteiger partial charge >= 0.3 is 0 Å². The lowest BCUT2D eigenvalue weighted by atomic mass is 10.2. The second-order valence-electron chi connectivity index (χ2n) is 3.51. The van der Waals surface area contributed by atoms with Crippen molar-refractivity contribution in [3.63, 3.8) is 0 Å². The number of halogens is 2. The summed E-state index contributed by atoms with van der Waals surface area (Å²) < 4.78 is 1.51. The Bertz CT molecular complexity index is 590. The summed E-state index contributed by atoms with van der Waals surface area (Å²) in [5.41, 5.74) is 1.51. The van der Waals surface area contributed by atoms with Crippen molar-refractivity contribution in [2.75, 3.05) is 0 Å². The fourth-order valence-corrected chi connectivity index (χ4v) is 1.96. The van der Waals surface area contributed by atoms with Gasteiger partial charge in [0, 0.05) is 17.3 Å². The van der Waals surface area contributed by atoms with E-state index in [1.54, 1.807) is 30.5 Å². The van der Waals surface area contributed by atoms with Crippen LogP contribution < -0.4 is 5.56 Å². The molecule has 0 N–H and O–H groups in total. The van der Waals surface area contributed by atoms with E-state index in [-0.39, 0.29) is 5.56 Å². The number of benzene rings is 1. The van der Waals surface area contributed by atoms with Gasteiger partial charge in [0.2, 0.25) is 0 Å². The van der Waals surface area contributed by atoms with Crippen LogP contribution in [-0.4, -0.2) is 4.57 Å². The van der Waals surface area contributed by atoms with Gasteiger partial charge in [-0.25, -0.2) is 0 Å². The molecule has 16 heavy (non-hydrogen) atoms. The molecule has 2 rings (SSSR count). The molecule has 0 amide bonds. The molecule has 0 bridgehead atoms. The zero-order chi connectivity index (χ0) is 11.7. The summed E-state index contributed by atoms with van der Waals surface area (Å²) in [5, 5.41) is 1.01. The van der Waals surface area contributed by atoms with Gasteiger partial charge in [-0.3, -0.25) is 9.36 Å². The van der Waals surface area contributed by atoms with E-state index < -0.39 is 0 Å². The van der Waals surface area contributed by atoms with Crippen LogP contribution in [0.25, 0.3) is 5.69 Å². The van der Waals surface area contributed by atoms with Gasteiger partial charge in [-0.2, -0.15) is 0 Å². The monoisotopic (exact) mass is 253 g/mol. The first-order valence-corrected chi connectivity index (χ1v) is 5.48. The van der Waals surface area contributed by atoms with E-state index in [1.165, 1.54) is 10.6 Å². The van der Waals surface area contributed by atoms with Crippen LogP contribution >= 0.6 is 23.2 Å². The lowest BCUT2D eigenvalue weighted by Gasteiger charge is -2.08. The van der Waals surface area contributed by atoms with Gasteiger partial charge in [0.25, 0.3) is 5.56 Å². The van der Waals surface area contributed by atoms with Crippen LogP contribution in [0.2, 0.25) is 10.0 Å². The summed E-state index contributed by atoms with van der Waals surface area (Å²) in [5.74, 6) is 0. The Morgan fingerprint density at radius 3 is 2.56 bits per heavy atom. The molecule has 0 saturated heterocycles. The molecule has 4 heteroatoms. The zero-order valence-electron chi connectivity index (χ0n) is 8.58. The quantitative estimate of drug-likeness (QED) is 0.763. The van der Waals surface area contributed by atoms with Gasteiger partial charge in [-0.15, -0.1) is 0 Å². The van der Waals surface area contributed by atoms with Gasteiger partial charge in [-0.05, 0) is 30.7 Å². The van der Waals surface area contributed by atoms with Crippen LogP contribution in [0.5, 0.6) is 0 Å². The van der Waals surface area contributed by atoms with E-state index in [0.29, 0.717) is 15.7 Å². The Hall–Kier alpha value is -1.25. The smallest absolute Gasteiger partial charge is 0.255 e. The van der Waals surface area contributed by atoms with Crippen LogP contribution in [0, 0.1) is 6.92 Å². The van der Waals surface area contributed by atoms with Crippen molar-refractivity contribution in [2.24, 2.45) is 0 Å². The molecule has 82 valence electrons. The highest BCUT2D eigenvalue weighted by molar-refractivity contribution is 6.35. The normalized spacial score (nSPS) is 10.4. The molecule has 1 aromatic carbocycles. The number of rotatable bonds is 1. The third-order valence-electron chi connectivity index (χ3n) is 2.23. The van der Waals surface area contributed by atoms with E-state index in [4.69, 9.17) is 23.2 Å². The number of nitrogens with zero attached hydrogens (tertiary/aromatic N) is 1. The minimum atomic E-state index is -0.116. The molecule has 0 unspecified atom stereocenters. The minimum Gasteiger partial charge on any atom is -0.283 e. The number of aromatic nitrogens is 1. The third-order valence-corrected chi connectivity index (χ3v) is 2.77. The molecule has 2 aromatic rings. The maximum atomic E-state index is 11.7. The lowest BCUT2D eigenvalue weighted by molar-refractivity contribution is 0.977. The minimum absolute atomic E-state index is 0.116. The number of pyridine rings is 1. The molecule has 1 aromatic heterocycles. The summed E-state index contributed by atoms with van der Waals surface area (Å²) in [6.07, 6.45) is 1.75. The molecular weight excluding hydrogens is 245 g/mol. The third kappa shape index (κ3) is 2.13. The van der Waals surface area contributed by atoms with Crippen molar-refractivity contribution in [1.29, 1.82) is 0 Å². The predicted molar refractivity (Wildman–Crippen MR) is 66.8 cm³/mol. The van der Waals surface area contributed by atoms with Crippen molar-refractivity contribution in [2.45, 2.75) is 6.92 Å². The molecule has 2 nitrogen and oxygen atoms in total. The van der Waals surface area contributed by atoms with Gasteiger partial charge in [0.15, 0.2) is 0 Å². The van der Waals surface area contributed by atoms with Crippen molar-refractivity contribution in [3.8, 4) is 5.69 Å². The Morgan fingerprint density at radius 1 is 1.12 bits per heavy atom. The molecule has 1 heterocycles. The summed E-state index contributed by atoms with van der Waals surface area (Å²) in [6.45, 7) is 1.92. The first kappa shape index (κ1) is 11.2. The number of aryl methyl sites for hydroxylation is 1. The Morgan fingerprint density at radius 2 is 1.88 bits per heavy atom. The topological polar surface area (TPSA) is 22.0 Å². The maximum Gasteiger partial charge on any atom is 0.255 e. The molecule has 0 aliphatic rings. The van der Waals surface area contributed by atoms with E-state index in [2.05, 4.69) is 0 Å². The summed E-state index contributed by atoms with van der Waals surface area (Å²) in [6, 6.07) is 8.33. The van der Waals surface area contributed by atoms with Crippen molar-refractivity contribution >= 4 is 23.2 Å². The fraction of sp³-hybridized carbons (Fsp3) is 0.0833. The second kappa shape index (κ2) is 4.32.